The summed E-state index contributed by atoms with van der Waals surface area (Å²) in [7, 11) is 0. The van der Waals surface area contributed by atoms with Gasteiger partial charge in [-0.3, -0.25) is 0 Å². The molecule has 1 aromatic heterocycles. The van der Waals surface area contributed by atoms with E-state index in [2.05, 4.69) is 55.2 Å². The van der Waals surface area contributed by atoms with Gasteiger partial charge in [0.05, 0.1) is 12.2 Å². The molecule has 2 N–H and O–H groups in total. The second-order valence-corrected chi connectivity index (χ2v) is 7.00. The Morgan fingerprint density at radius 3 is 2.19 bits per heavy atom. The number of pyridine rings is 1. The molecule has 0 fully saturated rings. The van der Waals surface area contributed by atoms with Crippen LogP contribution in [-0.2, 0) is 20.1 Å². The first-order chi connectivity index (χ1) is 12.4. The molecule has 2 aromatic carbocycles. The standard InChI is InChI=1S/C18H16N.C5H12O2.Ir/c1-13(2)16-9-8-14-10-11-19-18(17(14)12-16)15-6-4-3-5-7-15;1-4(6)3-5(2)7;/h3-6,8-13H,1-2H3;4-7H,3H2,1-2H3;/q-1;;. The Balaban J connectivity index is 0.000000395. The molecule has 3 nitrogen and oxygen atoms in total. The van der Waals surface area contributed by atoms with Crippen LogP contribution in [0.5, 0.6) is 0 Å². The summed E-state index contributed by atoms with van der Waals surface area (Å²) < 4.78 is 0. The summed E-state index contributed by atoms with van der Waals surface area (Å²) >= 11 is 0. The van der Waals surface area contributed by atoms with Crippen molar-refractivity contribution in [3.63, 3.8) is 0 Å². The van der Waals surface area contributed by atoms with Crippen LogP contribution in [0.2, 0.25) is 0 Å². The number of aromatic nitrogens is 1. The van der Waals surface area contributed by atoms with E-state index in [0.29, 0.717) is 12.3 Å². The first-order valence-corrected chi connectivity index (χ1v) is 9.10. The zero-order valence-electron chi connectivity index (χ0n) is 16.3. The van der Waals surface area contributed by atoms with Gasteiger partial charge in [0.1, 0.15) is 0 Å². The number of aliphatic hydroxyl groups excluding tert-OH is 2. The molecule has 3 aromatic rings. The van der Waals surface area contributed by atoms with E-state index in [1.54, 1.807) is 13.8 Å². The molecule has 4 heteroatoms. The van der Waals surface area contributed by atoms with Gasteiger partial charge < -0.3 is 15.2 Å². The third kappa shape index (κ3) is 7.15. The first kappa shape index (κ1) is 23.5. The summed E-state index contributed by atoms with van der Waals surface area (Å²) in [5.74, 6) is 0.525. The largest absolute Gasteiger partial charge is 0.393 e. The summed E-state index contributed by atoms with van der Waals surface area (Å²) in [5, 5.41) is 19.6. The van der Waals surface area contributed by atoms with Crippen molar-refractivity contribution in [2.45, 2.75) is 52.2 Å². The van der Waals surface area contributed by atoms with E-state index >= 15 is 0 Å². The number of hydrogen-bond acceptors (Lipinski definition) is 3. The van der Waals surface area contributed by atoms with Crippen LogP contribution in [0.25, 0.3) is 22.0 Å². The minimum absolute atomic E-state index is 0. The van der Waals surface area contributed by atoms with Crippen molar-refractivity contribution in [1.29, 1.82) is 0 Å². The molecular formula is C23H28IrNO2-. The molecule has 0 saturated carbocycles. The van der Waals surface area contributed by atoms with E-state index in [4.69, 9.17) is 10.2 Å². The van der Waals surface area contributed by atoms with Crippen molar-refractivity contribution in [3.8, 4) is 11.3 Å². The van der Waals surface area contributed by atoms with Gasteiger partial charge >= 0.3 is 0 Å². The summed E-state index contributed by atoms with van der Waals surface area (Å²) in [6, 6.07) is 20.0. The summed E-state index contributed by atoms with van der Waals surface area (Å²) in [5.41, 5.74) is 3.41. The van der Waals surface area contributed by atoms with Gasteiger partial charge in [-0.1, -0.05) is 32.0 Å². The molecule has 0 aliphatic carbocycles. The molecule has 0 bridgehead atoms. The third-order valence-corrected chi connectivity index (χ3v) is 4.10. The van der Waals surface area contributed by atoms with Gasteiger partial charge in [0.25, 0.3) is 0 Å². The van der Waals surface area contributed by atoms with Gasteiger partial charge in [-0.05, 0) is 54.3 Å². The second-order valence-electron chi connectivity index (χ2n) is 7.00. The molecule has 147 valence electrons. The fourth-order valence-electron chi connectivity index (χ4n) is 2.79. The topological polar surface area (TPSA) is 53.4 Å². The molecular weight excluding hydrogens is 514 g/mol. The fraction of sp³-hybridized carbons (Fsp3) is 0.348. The minimum Gasteiger partial charge on any atom is -0.393 e. The van der Waals surface area contributed by atoms with Gasteiger partial charge in [-0.2, -0.15) is 0 Å². The van der Waals surface area contributed by atoms with E-state index < -0.39 is 0 Å². The molecule has 0 spiro atoms. The van der Waals surface area contributed by atoms with Crippen LogP contribution in [0.1, 0.15) is 45.6 Å². The second kappa shape index (κ2) is 11.3. The number of fused-ring (bicyclic) bond motifs is 1. The van der Waals surface area contributed by atoms with Crippen LogP contribution in [0, 0.1) is 6.07 Å². The number of hydrogen-bond donors (Lipinski definition) is 2. The molecule has 1 radical (unpaired) electrons. The number of nitrogens with zero attached hydrogens (tertiary/aromatic N) is 1. The van der Waals surface area contributed by atoms with Crippen LogP contribution < -0.4 is 0 Å². The maximum absolute atomic E-state index is 8.56. The van der Waals surface area contributed by atoms with Gasteiger partial charge in [0, 0.05) is 26.3 Å². The molecule has 0 aliphatic heterocycles. The van der Waals surface area contributed by atoms with E-state index in [0.717, 1.165) is 11.3 Å². The first-order valence-electron chi connectivity index (χ1n) is 9.10. The monoisotopic (exact) mass is 543 g/mol. The third-order valence-electron chi connectivity index (χ3n) is 4.10. The smallest absolute Gasteiger partial charge is 0.0536 e. The zero-order chi connectivity index (χ0) is 19.1. The number of rotatable bonds is 4. The van der Waals surface area contributed by atoms with Crippen molar-refractivity contribution in [3.05, 3.63) is 66.4 Å². The Kier molecular flexibility index (Phi) is 9.82. The molecule has 3 rings (SSSR count). The molecule has 2 unspecified atom stereocenters. The van der Waals surface area contributed by atoms with Gasteiger partial charge in [0.2, 0.25) is 0 Å². The van der Waals surface area contributed by atoms with Crippen LogP contribution in [0.4, 0.5) is 0 Å². The maximum Gasteiger partial charge on any atom is 0.0536 e. The number of aliphatic hydroxyl groups is 2. The SMILES string of the molecule is CC(C)c1ccc2ccnc(-c3[c-]cccc3)c2c1.CC(O)CC(C)O.[Ir]. The predicted octanol–water partition coefficient (Wildman–Crippen LogP) is 4.96. The van der Waals surface area contributed by atoms with Crippen LogP contribution in [0.15, 0.2) is 54.7 Å². The zero-order valence-corrected chi connectivity index (χ0v) is 18.7. The molecule has 2 atom stereocenters. The molecule has 1 heterocycles. The Hall–Kier alpha value is -1.58. The van der Waals surface area contributed by atoms with Crippen LogP contribution in [-0.4, -0.2) is 27.4 Å². The predicted molar refractivity (Wildman–Crippen MR) is 108 cm³/mol. The van der Waals surface area contributed by atoms with E-state index in [1.807, 2.05) is 24.4 Å². The van der Waals surface area contributed by atoms with E-state index in [9.17, 15) is 0 Å². The molecule has 0 amide bonds. The Morgan fingerprint density at radius 2 is 1.67 bits per heavy atom. The normalized spacial score (nSPS) is 12.7. The summed E-state index contributed by atoms with van der Waals surface area (Å²) in [4.78, 5) is 4.55. The van der Waals surface area contributed by atoms with Gasteiger partial charge in [-0.25, -0.2) is 0 Å². The molecule has 0 saturated heterocycles. The summed E-state index contributed by atoms with van der Waals surface area (Å²) in [6.07, 6.45) is 1.59. The van der Waals surface area contributed by atoms with Crippen molar-refractivity contribution < 1.29 is 30.3 Å². The van der Waals surface area contributed by atoms with Crippen molar-refractivity contribution in [2.75, 3.05) is 0 Å². The average Bonchev–Trinajstić information content (AvgIpc) is 2.60. The van der Waals surface area contributed by atoms with Crippen molar-refractivity contribution in [2.24, 2.45) is 0 Å². The van der Waals surface area contributed by atoms with Crippen molar-refractivity contribution in [1.82, 2.24) is 4.98 Å². The van der Waals surface area contributed by atoms with E-state index in [-0.39, 0.29) is 32.3 Å². The van der Waals surface area contributed by atoms with Gasteiger partial charge in [-0.15, -0.1) is 35.9 Å². The van der Waals surface area contributed by atoms with E-state index in [1.165, 1.54) is 16.3 Å². The minimum atomic E-state index is -0.375. The van der Waals surface area contributed by atoms with Crippen molar-refractivity contribution >= 4 is 10.8 Å². The average molecular weight is 543 g/mol. The van der Waals surface area contributed by atoms with Crippen LogP contribution in [0.3, 0.4) is 0 Å². The Labute approximate surface area is 175 Å². The fourth-order valence-corrected chi connectivity index (χ4v) is 2.79. The van der Waals surface area contributed by atoms with Gasteiger partial charge in [0.15, 0.2) is 0 Å². The Bertz CT molecular complexity index is 811. The Morgan fingerprint density at radius 1 is 0.963 bits per heavy atom. The quantitative estimate of drug-likeness (QED) is 0.459. The summed E-state index contributed by atoms with van der Waals surface area (Å²) in [6.45, 7) is 7.75. The molecule has 0 aliphatic rings. The maximum atomic E-state index is 8.56. The molecule has 27 heavy (non-hydrogen) atoms. The number of benzene rings is 2. The van der Waals surface area contributed by atoms with Crippen LogP contribution >= 0.6 is 0 Å².